The van der Waals surface area contributed by atoms with E-state index in [9.17, 15) is 32.8 Å². The highest BCUT2D eigenvalue weighted by atomic mass is 19.1. The largest absolute Gasteiger partial charge is 0.467 e. The number of unbranched alkanes of at least 4 members (excludes halogenated alkanes) is 2. The molecule has 1 aliphatic rings. The van der Waals surface area contributed by atoms with Crippen LogP contribution in [0.15, 0.2) is 18.2 Å². The lowest BCUT2D eigenvalue weighted by Crippen LogP contribution is -2.56. The Labute approximate surface area is 251 Å². The number of hydrogen-bond donors (Lipinski definition) is 2. The molecule has 0 saturated carbocycles. The van der Waals surface area contributed by atoms with Gasteiger partial charge in [-0.2, -0.15) is 0 Å². The van der Waals surface area contributed by atoms with Crippen LogP contribution in [-0.2, 0) is 39.8 Å². The first-order valence-corrected chi connectivity index (χ1v) is 14.6. The van der Waals surface area contributed by atoms with Crippen molar-refractivity contribution in [3.8, 4) is 0 Å². The molecule has 2 rings (SSSR count). The Balaban J connectivity index is 2.14. The van der Waals surface area contributed by atoms with E-state index in [2.05, 4.69) is 24.5 Å². The van der Waals surface area contributed by atoms with Gasteiger partial charge in [0.15, 0.2) is 6.04 Å². The fourth-order valence-electron chi connectivity index (χ4n) is 4.82. The predicted molar refractivity (Wildman–Crippen MR) is 152 cm³/mol. The highest BCUT2D eigenvalue weighted by Crippen LogP contribution is 2.20. The van der Waals surface area contributed by atoms with Crippen molar-refractivity contribution >= 4 is 29.8 Å². The average molecular weight is 612 g/mol. The zero-order valence-corrected chi connectivity index (χ0v) is 25.5. The van der Waals surface area contributed by atoms with Gasteiger partial charge in [0.05, 0.1) is 13.7 Å². The number of carbonyl (C=O) groups is 5. The van der Waals surface area contributed by atoms with Crippen molar-refractivity contribution in [3.05, 3.63) is 35.4 Å². The molecule has 1 aromatic rings. The maximum atomic E-state index is 13.9. The summed E-state index contributed by atoms with van der Waals surface area (Å²) in [7, 11) is 1.08. The number of halogens is 2. The van der Waals surface area contributed by atoms with Crippen LogP contribution in [0.3, 0.4) is 0 Å². The first-order valence-electron chi connectivity index (χ1n) is 14.6. The number of amides is 3. The standard InChI is InChI=1S/C30H43F2N3O8/c1-18(2)10-7-6-8-13-42-30(40)33-24(16-21-14-22(31)17-23(32)15-21)27(37)34-26(29(39)41-5)19(3)43-28(38)25-11-9-12-35(25)20(4)36/h14-15,17-19,24-26H,6-13,16H2,1-5H3,(H,33,40)(H,34,37)/t19-,24+,25?,26+/m1/s1. The van der Waals surface area contributed by atoms with Gasteiger partial charge < -0.3 is 29.7 Å². The number of carbonyl (C=O) groups excluding carboxylic acids is 5. The molecule has 0 aromatic heterocycles. The van der Waals surface area contributed by atoms with Crippen molar-refractivity contribution in [2.45, 2.75) is 96.9 Å². The second-order valence-corrected chi connectivity index (χ2v) is 11.1. The molecule has 1 fully saturated rings. The van der Waals surface area contributed by atoms with E-state index in [0.29, 0.717) is 37.8 Å². The lowest BCUT2D eigenvalue weighted by Gasteiger charge is -2.28. The fourth-order valence-corrected chi connectivity index (χ4v) is 4.82. The van der Waals surface area contributed by atoms with Gasteiger partial charge in [-0.3, -0.25) is 9.59 Å². The molecule has 1 saturated heterocycles. The van der Waals surface area contributed by atoms with Gasteiger partial charge in [-0.1, -0.05) is 33.1 Å². The molecule has 1 heterocycles. The second-order valence-electron chi connectivity index (χ2n) is 11.1. The molecule has 0 spiro atoms. The van der Waals surface area contributed by atoms with Crippen LogP contribution in [0.2, 0.25) is 0 Å². The molecule has 3 amide bonds. The number of benzene rings is 1. The van der Waals surface area contributed by atoms with Gasteiger partial charge in [0.25, 0.3) is 0 Å². The highest BCUT2D eigenvalue weighted by Gasteiger charge is 2.38. The van der Waals surface area contributed by atoms with Crippen LogP contribution in [0.4, 0.5) is 13.6 Å². The zero-order chi connectivity index (χ0) is 32.1. The van der Waals surface area contributed by atoms with Gasteiger partial charge in [0.1, 0.15) is 29.8 Å². The molecular weight excluding hydrogens is 568 g/mol. The lowest BCUT2D eigenvalue weighted by molar-refractivity contribution is -0.163. The molecule has 0 radical (unpaired) electrons. The molecule has 240 valence electrons. The fraction of sp³-hybridized carbons (Fsp3) is 0.633. The molecule has 11 nitrogen and oxygen atoms in total. The molecule has 13 heteroatoms. The van der Waals surface area contributed by atoms with Crippen molar-refractivity contribution in [2.24, 2.45) is 5.92 Å². The molecule has 0 aliphatic carbocycles. The van der Waals surface area contributed by atoms with Crippen LogP contribution >= 0.6 is 0 Å². The summed E-state index contributed by atoms with van der Waals surface area (Å²) >= 11 is 0. The van der Waals surface area contributed by atoms with Crippen LogP contribution in [-0.4, -0.2) is 79.2 Å². The molecule has 1 aliphatic heterocycles. The lowest BCUT2D eigenvalue weighted by atomic mass is 10.0. The highest BCUT2D eigenvalue weighted by molar-refractivity contribution is 5.90. The summed E-state index contributed by atoms with van der Waals surface area (Å²) < 4.78 is 43.2. The van der Waals surface area contributed by atoms with E-state index in [-0.39, 0.29) is 24.5 Å². The summed E-state index contributed by atoms with van der Waals surface area (Å²) in [5, 5.41) is 4.81. The minimum atomic E-state index is -1.50. The zero-order valence-electron chi connectivity index (χ0n) is 25.5. The number of likely N-dealkylation sites (tertiary alicyclic amines) is 1. The topological polar surface area (TPSA) is 140 Å². The number of rotatable bonds is 15. The van der Waals surface area contributed by atoms with Gasteiger partial charge in [-0.05, 0) is 49.8 Å². The third-order valence-electron chi connectivity index (χ3n) is 7.08. The summed E-state index contributed by atoms with van der Waals surface area (Å²) in [6, 6.07) is -1.07. The second kappa shape index (κ2) is 17.4. The maximum Gasteiger partial charge on any atom is 0.407 e. The van der Waals surface area contributed by atoms with E-state index in [4.69, 9.17) is 14.2 Å². The summed E-state index contributed by atoms with van der Waals surface area (Å²) in [5.74, 6) is -4.09. The molecule has 1 unspecified atom stereocenters. The van der Waals surface area contributed by atoms with Crippen molar-refractivity contribution in [1.82, 2.24) is 15.5 Å². The van der Waals surface area contributed by atoms with Crippen LogP contribution < -0.4 is 10.6 Å². The van der Waals surface area contributed by atoms with Gasteiger partial charge in [0, 0.05) is 26.0 Å². The van der Waals surface area contributed by atoms with E-state index >= 15 is 0 Å². The van der Waals surface area contributed by atoms with Crippen LogP contribution in [0, 0.1) is 17.6 Å². The number of ether oxygens (including phenoxy) is 3. The summed E-state index contributed by atoms with van der Waals surface area (Å²) in [5.41, 5.74) is 0.0614. The van der Waals surface area contributed by atoms with Gasteiger partial charge in [-0.15, -0.1) is 0 Å². The first-order chi connectivity index (χ1) is 20.3. The van der Waals surface area contributed by atoms with Crippen LogP contribution in [0.5, 0.6) is 0 Å². The van der Waals surface area contributed by atoms with E-state index < -0.39 is 59.8 Å². The molecular formula is C30H43F2N3O8. The summed E-state index contributed by atoms with van der Waals surface area (Å²) in [6.45, 7) is 7.43. The number of alkyl carbamates (subject to hydrolysis) is 1. The van der Waals surface area contributed by atoms with Crippen molar-refractivity contribution in [3.63, 3.8) is 0 Å². The van der Waals surface area contributed by atoms with Crippen LogP contribution in [0.1, 0.15) is 71.8 Å². The SMILES string of the molecule is COC(=O)[C@@H](NC(=O)[C@H](Cc1cc(F)cc(F)c1)NC(=O)OCCCCCC(C)C)[C@@H](C)OC(=O)C1CCCN1C(C)=O. The maximum absolute atomic E-state index is 13.9. The third kappa shape index (κ3) is 11.8. The number of nitrogens with one attached hydrogen (secondary N) is 2. The Morgan fingerprint density at radius 3 is 2.28 bits per heavy atom. The van der Waals surface area contributed by atoms with Crippen LogP contribution in [0.25, 0.3) is 0 Å². The third-order valence-corrected chi connectivity index (χ3v) is 7.08. The number of nitrogens with zero attached hydrogens (tertiary/aromatic N) is 1. The summed E-state index contributed by atoms with van der Waals surface area (Å²) in [4.78, 5) is 64.6. The number of hydrogen-bond acceptors (Lipinski definition) is 8. The van der Waals surface area contributed by atoms with E-state index in [1.807, 2.05) is 0 Å². The molecule has 2 N–H and O–H groups in total. The normalized spacial score (nSPS) is 16.7. The van der Waals surface area contributed by atoms with Gasteiger partial charge in [-0.25, -0.2) is 23.2 Å². The van der Waals surface area contributed by atoms with E-state index in [0.717, 1.165) is 38.5 Å². The Kier molecular flexibility index (Phi) is 14.3. The monoisotopic (exact) mass is 611 g/mol. The molecule has 0 bridgehead atoms. The number of methoxy groups -OCH3 is 1. The van der Waals surface area contributed by atoms with E-state index in [1.54, 1.807) is 0 Å². The average Bonchev–Trinajstić information content (AvgIpc) is 3.43. The Morgan fingerprint density at radius 2 is 1.67 bits per heavy atom. The van der Waals surface area contributed by atoms with E-state index in [1.165, 1.54) is 18.7 Å². The smallest absolute Gasteiger partial charge is 0.407 e. The molecule has 43 heavy (non-hydrogen) atoms. The Hall–Kier alpha value is -3.77. The van der Waals surface area contributed by atoms with Crippen molar-refractivity contribution in [2.75, 3.05) is 20.3 Å². The number of esters is 2. The Morgan fingerprint density at radius 1 is 1.00 bits per heavy atom. The first kappa shape index (κ1) is 35.4. The minimum absolute atomic E-state index is 0.0614. The van der Waals surface area contributed by atoms with Crippen molar-refractivity contribution < 1.29 is 47.0 Å². The minimum Gasteiger partial charge on any atom is -0.467 e. The molecule has 1 aromatic carbocycles. The summed E-state index contributed by atoms with van der Waals surface area (Å²) in [6.07, 6.45) is 1.96. The van der Waals surface area contributed by atoms with Crippen molar-refractivity contribution in [1.29, 1.82) is 0 Å². The quantitative estimate of drug-likeness (QED) is 0.175. The Bertz CT molecular complexity index is 1110. The van der Waals surface area contributed by atoms with Gasteiger partial charge in [0.2, 0.25) is 11.8 Å². The molecule has 4 atom stereocenters. The van der Waals surface area contributed by atoms with Gasteiger partial charge >= 0.3 is 18.0 Å². The predicted octanol–water partition coefficient (Wildman–Crippen LogP) is 3.42.